The normalized spacial score (nSPS) is 20.6. The molecule has 1 heterocycles. The Morgan fingerprint density at radius 3 is 2.94 bits per heavy atom. The highest BCUT2D eigenvalue weighted by Gasteiger charge is 2.13. The van der Waals surface area contributed by atoms with E-state index in [-0.39, 0.29) is 0 Å². The molecular weight excluding hydrogens is 198 g/mol. The first-order chi connectivity index (χ1) is 7.95. The van der Waals surface area contributed by atoms with Crippen molar-refractivity contribution in [2.45, 2.75) is 6.42 Å². The topological polar surface area (TPSA) is 21.3 Å². The molecule has 1 aromatic carbocycles. The van der Waals surface area contributed by atoms with E-state index in [9.17, 15) is 0 Å². The van der Waals surface area contributed by atoms with Gasteiger partial charge >= 0.3 is 0 Å². The minimum absolute atomic E-state index is 0.713. The van der Waals surface area contributed by atoms with E-state index in [2.05, 4.69) is 41.7 Å². The average Bonchev–Trinajstić information content (AvgIpc) is 2.83. The number of rotatable bonds is 5. The third-order valence-corrected chi connectivity index (χ3v) is 2.83. The first-order valence-corrected chi connectivity index (χ1v) is 5.95. The number of hydrogen-bond acceptors (Lipinski definition) is 2. The quantitative estimate of drug-likeness (QED) is 0.764. The van der Waals surface area contributed by atoms with Crippen LogP contribution in [0.2, 0.25) is 0 Å². The Balaban J connectivity index is 1.62. The highest BCUT2D eigenvalue weighted by atomic mass is 16.5. The molecular formula is C14H19NO. The van der Waals surface area contributed by atoms with Gasteiger partial charge in [-0.3, -0.25) is 0 Å². The van der Waals surface area contributed by atoms with E-state index in [1.54, 1.807) is 0 Å². The summed E-state index contributed by atoms with van der Waals surface area (Å²) in [6.45, 7) is 3.87. The van der Waals surface area contributed by atoms with Gasteiger partial charge in [-0.2, -0.15) is 0 Å². The van der Waals surface area contributed by atoms with Crippen LogP contribution in [-0.2, 0) is 4.74 Å². The maximum Gasteiger partial charge on any atom is 0.0507 e. The van der Waals surface area contributed by atoms with Gasteiger partial charge in [0.1, 0.15) is 0 Å². The van der Waals surface area contributed by atoms with Gasteiger partial charge in [0.25, 0.3) is 0 Å². The van der Waals surface area contributed by atoms with Crippen LogP contribution in [-0.4, -0.2) is 26.3 Å². The maximum absolute atomic E-state index is 5.33. The Kier molecular flexibility index (Phi) is 4.59. The second-order valence-corrected chi connectivity index (χ2v) is 4.20. The van der Waals surface area contributed by atoms with Gasteiger partial charge in [0.2, 0.25) is 0 Å². The number of hydrogen-bond donors (Lipinski definition) is 1. The second-order valence-electron chi connectivity index (χ2n) is 4.20. The predicted molar refractivity (Wildman–Crippen MR) is 67.3 cm³/mol. The average molecular weight is 217 g/mol. The summed E-state index contributed by atoms with van der Waals surface area (Å²) >= 11 is 0. The summed E-state index contributed by atoms with van der Waals surface area (Å²) < 4.78 is 5.33. The zero-order valence-electron chi connectivity index (χ0n) is 9.56. The minimum atomic E-state index is 0.713. The van der Waals surface area contributed by atoms with Gasteiger partial charge in [0.05, 0.1) is 6.61 Å². The van der Waals surface area contributed by atoms with Crippen molar-refractivity contribution in [3.05, 3.63) is 42.0 Å². The molecule has 1 fully saturated rings. The van der Waals surface area contributed by atoms with Crippen molar-refractivity contribution in [2.24, 2.45) is 5.92 Å². The van der Waals surface area contributed by atoms with Crippen LogP contribution in [0.15, 0.2) is 36.4 Å². The number of nitrogens with one attached hydrogen (secondary N) is 1. The van der Waals surface area contributed by atoms with Gasteiger partial charge in [-0.25, -0.2) is 0 Å². The zero-order valence-corrected chi connectivity index (χ0v) is 9.56. The fourth-order valence-corrected chi connectivity index (χ4v) is 1.87. The van der Waals surface area contributed by atoms with Crippen molar-refractivity contribution in [3.8, 4) is 0 Å². The predicted octanol–water partition coefficient (Wildman–Crippen LogP) is 2.33. The van der Waals surface area contributed by atoms with Crippen molar-refractivity contribution in [3.63, 3.8) is 0 Å². The molecule has 1 N–H and O–H groups in total. The lowest BCUT2D eigenvalue weighted by Crippen LogP contribution is -2.22. The SMILES string of the molecule is C(=Cc1ccccc1)CNCC1CCOC1. The Hall–Kier alpha value is -1.12. The summed E-state index contributed by atoms with van der Waals surface area (Å²) in [4.78, 5) is 0. The minimum Gasteiger partial charge on any atom is -0.381 e. The molecule has 0 saturated carbocycles. The highest BCUT2D eigenvalue weighted by molar-refractivity contribution is 5.48. The molecule has 1 aromatic rings. The zero-order chi connectivity index (χ0) is 11.1. The van der Waals surface area contributed by atoms with Crippen molar-refractivity contribution in [2.75, 3.05) is 26.3 Å². The third-order valence-electron chi connectivity index (χ3n) is 2.83. The van der Waals surface area contributed by atoms with E-state index in [1.807, 2.05) is 6.07 Å². The third kappa shape index (κ3) is 3.80. The van der Waals surface area contributed by atoms with Gasteiger partial charge in [-0.1, -0.05) is 42.5 Å². The lowest BCUT2D eigenvalue weighted by molar-refractivity contribution is 0.185. The van der Waals surface area contributed by atoms with Crippen molar-refractivity contribution in [1.29, 1.82) is 0 Å². The summed E-state index contributed by atoms with van der Waals surface area (Å²) in [6.07, 6.45) is 5.53. The monoisotopic (exact) mass is 217 g/mol. The summed E-state index contributed by atoms with van der Waals surface area (Å²) in [5, 5.41) is 3.43. The Labute approximate surface area is 97.3 Å². The molecule has 0 amide bonds. The van der Waals surface area contributed by atoms with E-state index >= 15 is 0 Å². The second kappa shape index (κ2) is 6.46. The Bertz CT molecular complexity index is 315. The molecule has 1 aliphatic heterocycles. The molecule has 86 valence electrons. The van der Waals surface area contributed by atoms with E-state index in [0.29, 0.717) is 5.92 Å². The molecule has 2 rings (SSSR count). The van der Waals surface area contributed by atoms with Crippen LogP contribution in [0.3, 0.4) is 0 Å². The van der Waals surface area contributed by atoms with Gasteiger partial charge in [-0.05, 0) is 17.9 Å². The van der Waals surface area contributed by atoms with E-state index < -0.39 is 0 Å². The first-order valence-electron chi connectivity index (χ1n) is 5.95. The van der Waals surface area contributed by atoms with Crippen LogP contribution in [0.5, 0.6) is 0 Å². The van der Waals surface area contributed by atoms with E-state index in [0.717, 1.165) is 26.3 Å². The largest absolute Gasteiger partial charge is 0.381 e. The molecule has 0 spiro atoms. The van der Waals surface area contributed by atoms with Crippen LogP contribution in [0.4, 0.5) is 0 Å². The van der Waals surface area contributed by atoms with Crippen LogP contribution >= 0.6 is 0 Å². The fourth-order valence-electron chi connectivity index (χ4n) is 1.87. The van der Waals surface area contributed by atoms with Crippen molar-refractivity contribution in [1.82, 2.24) is 5.32 Å². The summed E-state index contributed by atoms with van der Waals surface area (Å²) in [5.41, 5.74) is 1.26. The van der Waals surface area contributed by atoms with Crippen LogP contribution in [0, 0.1) is 5.92 Å². The molecule has 0 aromatic heterocycles. The highest BCUT2D eigenvalue weighted by Crippen LogP contribution is 2.10. The van der Waals surface area contributed by atoms with Crippen LogP contribution in [0.1, 0.15) is 12.0 Å². The Morgan fingerprint density at radius 1 is 1.31 bits per heavy atom. The van der Waals surface area contributed by atoms with Crippen molar-refractivity contribution >= 4 is 6.08 Å². The van der Waals surface area contributed by atoms with Gasteiger partial charge in [-0.15, -0.1) is 0 Å². The van der Waals surface area contributed by atoms with Gasteiger partial charge in [0, 0.05) is 19.7 Å². The fraction of sp³-hybridized carbons (Fsp3) is 0.429. The van der Waals surface area contributed by atoms with Crippen molar-refractivity contribution < 1.29 is 4.74 Å². The number of benzene rings is 1. The Morgan fingerprint density at radius 2 is 2.19 bits per heavy atom. The molecule has 1 atom stereocenters. The molecule has 0 aliphatic carbocycles. The summed E-state index contributed by atoms with van der Waals surface area (Å²) in [5.74, 6) is 0.713. The molecule has 0 bridgehead atoms. The smallest absolute Gasteiger partial charge is 0.0507 e. The number of ether oxygens (including phenoxy) is 1. The lowest BCUT2D eigenvalue weighted by Gasteiger charge is -2.06. The van der Waals surface area contributed by atoms with Gasteiger partial charge < -0.3 is 10.1 Å². The molecule has 1 unspecified atom stereocenters. The lowest BCUT2D eigenvalue weighted by atomic mass is 10.1. The van der Waals surface area contributed by atoms with Crippen LogP contribution in [0.25, 0.3) is 6.08 Å². The molecule has 2 nitrogen and oxygen atoms in total. The molecule has 16 heavy (non-hydrogen) atoms. The van der Waals surface area contributed by atoms with E-state index in [1.165, 1.54) is 12.0 Å². The summed E-state index contributed by atoms with van der Waals surface area (Å²) in [6, 6.07) is 10.4. The molecule has 0 radical (unpaired) electrons. The first kappa shape index (κ1) is 11.4. The molecule has 1 saturated heterocycles. The maximum atomic E-state index is 5.33. The van der Waals surface area contributed by atoms with E-state index in [4.69, 9.17) is 4.74 Å². The van der Waals surface area contributed by atoms with Gasteiger partial charge in [0.15, 0.2) is 0 Å². The molecule has 1 aliphatic rings. The summed E-state index contributed by atoms with van der Waals surface area (Å²) in [7, 11) is 0. The molecule has 2 heteroatoms. The standard InChI is InChI=1S/C14H19NO/c1-2-5-13(6-3-1)7-4-9-15-11-14-8-10-16-12-14/h1-7,14-15H,8-12H2. The van der Waals surface area contributed by atoms with Crippen LogP contribution < -0.4 is 5.32 Å².